The summed E-state index contributed by atoms with van der Waals surface area (Å²) in [6.07, 6.45) is 9.42. The fraction of sp³-hybridized carbons (Fsp3) is 1.00. The third-order valence-corrected chi connectivity index (χ3v) is 4.90. The van der Waals surface area contributed by atoms with Gasteiger partial charge in [0.15, 0.2) is 0 Å². The molecule has 0 aromatic heterocycles. The van der Waals surface area contributed by atoms with Crippen LogP contribution < -0.4 is 0 Å². The van der Waals surface area contributed by atoms with Gasteiger partial charge >= 0.3 is 7.82 Å². The molecule has 0 saturated heterocycles. The first kappa shape index (κ1) is 25.7. The standard InChI is InChI=1S/C16H35O4P.Nd/c1-5-8-10-11-12-15(4)20-21(17,18)19-14-16(7-3)13-9-6-2;/h15-16H,5-14H2,1-4H3,(H,17,18);. The van der Waals surface area contributed by atoms with Crippen molar-refractivity contribution in [2.45, 2.75) is 91.6 Å². The average molecular weight is 467 g/mol. The Balaban J connectivity index is 0. The molecular weight excluding hydrogens is 431 g/mol. The van der Waals surface area contributed by atoms with Crippen molar-refractivity contribution >= 4 is 7.82 Å². The van der Waals surface area contributed by atoms with Crippen molar-refractivity contribution in [3.63, 3.8) is 0 Å². The van der Waals surface area contributed by atoms with Gasteiger partial charge in [0.1, 0.15) is 0 Å². The molecule has 4 nitrogen and oxygen atoms in total. The van der Waals surface area contributed by atoms with E-state index in [9.17, 15) is 9.46 Å². The molecule has 0 aliphatic heterocycles. The monoisotopic (exact) mass is 464 g/mol. The molecule has 0 radical (unpaired) electrons. The summed E-state index contributed by atoms with van der Waals surface area (Å²) in [4.78, 5) is 9.77. The zero-order valence-electron chi connectivity index (χ0n) is 14.8. The third kappa shape index (κ3) is 15.0. The first-order chi connectivity index (χ1) is 9.95. The zero-order chi connectivity index (χ0) is 16.1. The van der Waals surface area contributed by atoms with E-state index in [-0.39, 0.29) is 46.9 Å². The number of hydrogen-bond donors (Lipinski definition) is 1. The van der Waals surface area contributed by atoms with Crippen LogP contribution in [0.2, 0.25) is 0 Å². The van der Waals surface area contributed by atoms with Crippen molar-refractivity contribution in [3.8, 4) is 0 Å². The fourth-order valence-corrected chi connectivity index (χ4v) is 3.29. The van der Waals surface area contributed by atoms with E-state index in [0.717, 1.165) is 44.9 Å². The van der Waals surface area contributed by atoms with Gasteiger partial charge in [0.2, 0.25) is 0 Å². The van der Waals surface area contributed by atoms with E-state index in [0.29, 0.717) is 12.5 Å². The van der Waals surface area contributed by atoms with E-state index in [1.54, 1.807) is 0 Å². The maximum atomic E-state index is 11.9. The van der Waals surface area contributed by atoms with Crippen molar-refractivity contribution in [1.29, 1.82) is 0 Å². The molecule has 6 heteroatoms. The van der Waals surface area contributed by atoms with E-state index >= 15 is 0 Å². The van der Waals surface area contributed by atoms with Crippen molar-refractivity contribution in [1.82, 2.24) is 0 Å². The molecule has 22 heavy (non-hydrogen) atoms. The first-order valence-corrected chi connectivity index (χ1v) is 10.1. The third-order valence-electron chi connectivity index (χ3n) is 3.79. The molecule has 1 N–H and O–H groups in total. The average Bonchev–Trinajstić information content (AvgIpc) is 2.43. The van der Waals surface area contributed by atoms with Crippen LogP contribution in [-0.4, -0.2) is 17.6 Å². The number of phosphoric ester groups is 1. The molecule has 0 aromatic carbocycles. The molecule has 0 aromatic rings. The van der Waals surface area contributed by atoms with Crippen LogP contribution in [0, 0.1) is 46.8 Å². The Morgan fingerprint density at radius 2 is 1.64 bits per heavy atom. The van der Waals surface area contributed by atoms with Crippen LogP contribution >= 0.6 is 7.82 Å². The van der Waals surface area contributed by atoms with Gasteiger partial charge in [-0.2, -0.15) is 0 Å². The minimum atomic E-state index is -3.90. The van der Waals surface area contributed by atoms with Crippen molar-refractivity contribution < 1.29 is 59.3 Å². The van der Waals surface area contributed by atoms with Crippen LogP contribution in [0.15, 0.2) is 0 Å². The van der Waals surface area contributed by atoms with E-state index in [1.165, 1.54) is 12.8 Å². The smallest absolute Gasteiger partial charge is 0.302 e. The van der Waals surface area contributed by atoms with Gasteiger partial charge < -0.3 is 4.89 Å². The molecule has 0 bridgehead atoms. The maximum Gasteiger partial charge on any atom is 0.472 e. The van der Waals surface area contributed by atoms with Crippen LogP contribution in [0.3, 0.4) is 0 Å². The SMILES string of the molecule is CCCCCCC(C)OP(=O)(O)OCC(CC)CCCC.[Nd]. The van der Waals surface area contributed by atoms with Crippen molar-refractivity contribution in [2.75, 3.05) is 6.61 Å². The van der Waals surface area contributed by atoms with Crippen LogP contribution in [0.5, 0.6) is 0 Å². The quantitative estimate of drug-likeness (QED) is 0.264. The van der Waals surface area contributed by atoms with Gasteiger partial charge in [-0.3, -0.25) is 9.05 Å². The predicted molar refractivity (Wildman–Crippen MR) is 88.4 cm³/mol. The number of rotatable bonds is 14. The minimum absolute atomic E-state index is 0. The summed E-state index contributed by atoms with van der Waals surface area (Å²) >= 11 is 0. The summed E-state index contributed by atoms with van der Waals surface area (Å²) in [5, 5.41) is 0. The molecule has 0 aliphatic carbocycles. The van der Waals surface area contributed by atoms with Gasteiger partial charge in [0.25, 0.3) is 0 Å². The normalized spacial score (nSPS) is 16.6. The molecule has 132 valence electrons. The molecule has 0 rings (SSSR count). The second-order valence-electron chi connectivity index (χ2n) is 5.95. The number of unbranched alkanes of at least 4 members (excludes halogenated alkanes) is 4. The molecular formula is C16H35NdO4P. The molecule has 3 unspecified atom stereocenters. The largest absolute Gasteiger partial charge is 0.472 e. The van der Waals surface area contributed by atoms with Gasteiger partial charge in [-0.05, 0) is 25.7 Å². The molecule has 0 fully saturated rings. The van der Waals surface area contributed by atoms with Gasteiger partial charge in [0, 0.05) is 40.8 Å². The number of hydrogen-bond acceptors (Lipinski definition) is 3. The van der Waals surface area contributed by atoms with Gasteiger partial charge in [-0.15, -0.1) is 0 Å². The second kappa shape index (κ2) is 16.0. The summed E-state index contributed by atoms with van der Waals surface area (Å²) in [7, 11) is -3.90. The van der Waals surface area contributed by atoms with Crippen LogP contribution in [0.25, 0.3) is 0 Å². The van der Waals surface area contributed by atoms with Gasteiger partial charge in [0.05, 0.1) is 12.7 Å². The van der Waals surface area contributed by atoms with E-state index in [1.807, 2.05) is 6.92 Å². The Hall–Kier alpha value is 1.46. The Labute approximate surface area is 170 Å². The van der Waals surface area contributed by atoms with E-state index in [4.69, 9.17) is 9.05 Å². The van der Waals surface area contributed by atoms with Crippen LogP contribution in [-0.2, 0) is 13.6 Å². The summed E-state index contributed by atoms with van der Waals surface area (Å²) in [5.41, 5.74) is 0. The number of phosphoric acid groups is 1. The molecule has 0 saturated carbocycles. The van der Waals surface area contributed by atoms with Gasteiger partial charge in [-0.25, -0.2) is 4.57 Å². The van der Waals surface area contributed by atoms with Crippen LogP contribution in [0.1, 0.15) is 85.5 Å². The Bertz CT molecular complexity index is 289. The zero-order valence-corrected chi connectivity index (χ0v) is 18.9. The summed E-state index contributed by atoms with van der Waals surface area (Å²) in [6, 6.07) is 0. The molecule has 0 amide bonds. The van der Waals surface area contributed by atoms with Crippen LogP contribution in [0.4, 0.5) is 0 Å². The van der Waals surface area contributed by atoms with E-state index < -0.39 is 7.82 Å². The molecule has 0 heterocycles. The summed E-state index contributed by atoms with van der Waals surface area (Å²) in [5.74, 6) is 0.342. The summed E-state index contributed by atoms with van der Waals surface area (Å²) < 4.78 is 22.3. The van der Waals surface area contributed by atoms with E-state index in [2.05, 4.69) is 20.8 Å². The Morgan fingerprint density at radius 3 is 2.18 bits per heavy atom. The first-order valence-electron chi connectivity index (χ1n) is 8.60. The maximum absolute atomic E-state index is 11.9. The van der Waals surface area contributed by atoms with Crippen molar-refractivity contribution in [2.24, 2.45) is 5.92 Å². The topological polar surface area (TPSA) is 55.8 Å². The van der Waals surface area contributed by atoms with Gasteiger partial charge in [-0.1, -0.05) is 65.7 Å². The molecule has 0 aliphatic rings. The fourth-order valence-electron chi connectivity index (χ4n) is 2.27. The molecule has 3 atom stereocenters. The minimum Gasteiger partial charge on any atom is -0.302 e. The van der Waals surface area contributed by atoms with Crippen molar-refractivity contribution in [3.05, 3.63) is 0 Å². The predicted octanol–water partition coefficient (Wildman–Crippen LogP) is 5.70. The second-order valence-corrected chi connectivity index (χ2v) is 7.35. The summed E-state index contributed by atoms with van der Waals surface area (Å²) in [6.45, 7) is 8.55. The molecule has 0 spiro atoms. The Kier molecular flexibility index (Phi) is 18.6. The Morgan fingerprint density at radius 1 is 1.00 bits per heavy atom.